The van der Waals surface area contributed by atoms with Gasteiger partial charge in [0.2, 0.25) is 0 Å². The highest BCUT2D eigenvalue weighted by molar-refractivity contribution is 7.99. The van der Waals surface area contributed by atoms with Crippen LogP contribution in [-0.4, -0.2) is 18.8 Å². The van der Waals surface area contributed by atoms with Crippen molar-refractivity contribution in [1.82, 2.24) is 18.8 Å². The molecule has 0 unspecified atom stereocenters. The zero-order chi connectivity index (χ0) is 22.4. The van der Waals surface area contributed by atoms with E-state index in [9.17, 15) is 0 Å². The van der Waals surface area contributed by atoms with E-state index in [4.69, 9.17) is 9.97 Å². The second kappa shape index (κ2) is 7.94. The fourth-order valence-electron chi connectivity index (χ4n) is 4.08. The van der Waals surface area contributed by atoms with Crippen LogP contribution in [0.3, 0.4) is 0 Å². The van der Waals surface area contributed by atoms with E-state index >= 15 is 0 Å². The molecule has 0 atom stereocenters. The lowest BCUT2D eigenvalue weighted by Gasteiger charge is -2.10. The van der Waals surface area contributed by atoms with Gasteiger partial charge in [0.05, 0.1) is 11.4 Å². The number of pyridine rings is 2. The van der Waals surface area contributed by atoms with E-state index in [1.165, 1.54) is 20.9 Å². The average molecular weight is 447 g/mol. The number of benzene rings is 2. The first-order valence-electron chi connectivity index (χ1n) is 10.9. The molecule has 0 aliphatic heterocycles. The molecule has 0 fully saturated rings. The van der Waals surface area contributed by atoms with Crippen LogP contribution < -0.4 is 0 Å². The molecule has 0 amide bonds. The van der Waals surface area contributed by atoms with Gasteiger partial charge in [-0.15, -0.1) is 0 Å². The fourth-order valence-corrected chi connectivity index (χ4v) is 5.18. The van der Waals surface area contributed by atoms with Gasteiger partial charge in [0, 0.05) is 45.7 Å². The lowest BCUT2D eigenvalue weighted by molar-refractivity contribution is 1.17. The van der Waals surface area contributed by atoms with Crippen LogP contribution in [0.5, 0.6) is 0 Å². The number of hydrogen-bond donors (Lipinski definition) is 0. The maximum Gasteiger partial charge on any atom is 0.137 e. The molecule has 0 N–H and O–H groups in total. The zero-order valence-corrected chi connectivity index (χ0v) is 19.3. The molecule has 4 aromatic heterocycles. The highest BCUT2D eigenvalue weighted by Gasteiger charge is 2.14. The topological polar surface area (TPSA) is 34.6 Å². The van der Waals surface area contributed by atoms with Gasteiger partial charge in [-0.1, -0.05) is 48.2 Å². The molecule has 2 aromatic carbocycles. The molecule has 5 heteroatoms. The predicted molar refractivity (Wildman–Crippen MR) is 135 cm³/mol. The van der Waals surface area contributed by atoms with Crippen molar-refractivity contribution in [2.75, 3.05) is 0 Å². The monoisotopic (exact) mass is 446 g/mol. The van der Waals surface area contributed by atoms with Gasteiger partial charge in [-0.2, -0.15) is 0 Å². The Morgan fingerprint density at radius 2 is 1.06 bits per heavy atom. The van der Waals surface area contributed by atoms with Gasteiger partial charge in [0.15, 0.2) is 0 Å². The number of fused-ring (bicyclic) bond motifs is 2. The molecular formula is C28H22N4S. The molecule has 0 radical (unpaired) electrons. The Balaban J connectivity index is 1.42. The van der Waals surface area contributed by atoms with Gasteiger partial charge in [-0.05, 0) is 61.4 Å². The molecule has 160 valence electrons. The van der Waals surface area contributed by atoms with E-state index in [1.54, 1.807) is 11.8 Å². The Kier molecular flexibility index (Phi) is 4.77. The average Bonchev–Trinajstić information content (AvgIpc) is 3.43. The van der Waals surface area contributed by atoms with Crippen LogP contribution in [0.15, 0.2) is 107 Å². The highest BCUT2D eigenvalue weighted by Crippen LogP contribution is 2.40. The van der Waals surface area contributed by atoms with Crippen LogP contribution in [0.1, 0.15) is 11.1 Å². The second-order valence-corrected chi connectivity index (χ2v) is 9.37. The summed E-state index contributed by atoms with van der Waals surface area (Å²) in [6.45, 7) is 4.19. The van der Waals surface area contributed by atoms with Gasteiger partial charge in [0.25, 0.3) is 0 Å². The van der Waals surface area contributed by atoms with Crippen molar-refractivity contribution in [3.63, 3.8) is 0 Å². The molecule has 0 saturated heterocycles. The summed E-state index contributed by atoms with van der Waals surface area (Å²) < 4.78 is 4.16. The number of aromatic nitrogens is 4. The lowest BCUT2D eigenvalue weighted by Crippen LogP contribution is -1.86. The Labute approximate surface area is 196 Å². The Morgan fingerprint density at radius 3 is 1.55 bits per heavy atom. The molecule has 0 saturated carbocycles. The lowest BCUT2D eigenvalue weighted by atomic mass is 10.2. The van der Waals surface area contributed by atoms with Crippen molar-refractivity contribution in [3.05, 3.63) is 109 Å². The maximum atomic E-state index is 4.90. The van der Waals surface area contributed by atoms with Crippen molar-refractivity contribution in [1.29, 1.82) is 0 Å². The van der Waals surface area contributed by atoms with Gasteiger partial charge < -0.3 is 8.80 Å². The maximum absolute atomic E-state index is 4.90. The minimum absolute atomic E-state index is 0.963. The molecule has 0 aliphatic rings. The van der Waals surface area contributed by atoms with Crippen LogP contribution in [0.4, 0.5) is 0 Å². The first kappa shape index (κ1) is 19.8. The SMILES string of the molecule is Cc1ccn2cc(-c3ccccc3Sc3ccccc3-c3cn4ccc(C)cc4n3)nc2c1. The van der Waals surface area contributed by atoms with Crippen LogP contribution in [0.2, 0.25) is 0 Å². The van der Waals surface area contributed by atoms with Crippen molar-refractivity contribution < 1.29 is 0 Å². The highest BCUT2D eigenvalue weighted by atomic mass is 32.2. The molecule has 33 heavy (non-hydrogen) atoms. The molecule has 0 bridgehead atoms. The summed E-state index contributed by atoms with van der Waals surface area (Å²) in [5.74, 6) is 0. The summed E-state index contributed by atoms with van der Waals surface area (Å²) in [6.07, 6.45) is 8.34. The Morgan fingerprint density at radius 1 is 0.606 bits per heavy atom. The quantitative estimate of drug-likeness (QED) is 0.290. The third kappa shape index (κ3) is 3.70. The van der Waals surface area contributed by atoms with Gasteiger partial charge in [-0.25, -0.2) is 9.97 Å². The van der Waals surface area contributed by atoms with Gasteiger partial charge >= 0.3 is 0 Å². The summed E-state index contributed by atoms with van der Waals surface area (Å²) in [5.41, 5.74) is 8.55. The Bertz CT molecular complexity index is 1500. The first-order valence-corrected chi connectivity index (χ1v) is 11.7. The minimum Gasteiger partial charge on any atom is -0.306 e. The Hall–Kier alpha value is -3.83. The smallest absolute Gasteiger partial charge is 0.137 e. The molecule has 0 spiro atoms. The van der Waals surface area contributed by atoms with Crippen molar-refractivity contribution in [2.24, 2.45) is 0 Å². The molecule has 6 aromatic rings. The third-order valence-corrected chi connectivity index (χ3v) is 6.93. The van der Waals surface area contributed by atoms with Crippen LogP contribution in [-0.2, 0) is 0 Å². The fraction of sp³-hybridized carbons (Fsp3) is 0.0714. The summed E-state index contributed by atoms with van der Waals surface area (Å²) in [4.78, 5) is 12.1. The number of rotatable bonds is 4. The van der Waals surface area contributed by atoms with E-state index in [0.29, 0.717) is 0 Å². The summed E-state index contributed by atoms with van der Waals surface area (Å²) in [7, 11) is 0. The summed E-state index contributed by atoms with van der Waals surface area (Å²) in [6, 6.07) is 25.4. The molecular weight excluding hydrogens is 424 g/mol. The predicted octanol–water partition coefficient (Wildman–Crippen LogP) is 7.08. The van der Waals surface area contributed by atoms with E-state index in [2.05, 4.69) is 120 Å². The molecule has 4 nitrogen and oxygen atoms in total. The number of aryl methyl sites for hydroxylation is 2. The number of imidazole rings is 2. The molecule has 6 rings (SSSR count). The normalized spacial score (nSPS) is 11.5. The standard InChI is InChI=1S/C28H22N4S/c1-19-11-13-31-17-23(29-27(31)15-19)21-7-3-5-9-25(21)33-26-10-6-4-8-22(26)24-18-32-14-12-20(2)16-28(32)30-24/h3-18H,1-2H3. The van der Waals surface area contributed by atoms with E-state index < -0.39 is 0 Å². The van der Waals surface area contributed by atoms with E-state index in [1.807, 2.05) is 0 Å². The molecule has 0 aliphatic carbocycles. The molecule has 4 heterocycles. The van der Waals surface area contributed by atoms with Crippen molar-refractivity contribution in [2.45, 2.75) is 23.6 Å². The largest absolute Gasteiger partial charge is 0.306 e. The van der Waals surface area contributed by atoms with Gasteiger partial charge in [-0.3, -0.25) is 0 Å². The zero-order valence-electron chi connectivity index (χ0n) is 18.4. The van der Waals surface area contributed by atoms with Crippen LogP contribution >= 0.6 is 11.8 Å². The van der Waals surface area contributed by atoms with Crippen molar-refractivity contribution in [3.8, 4) is 22.5 Å². The van der Waals surface area contributed by atoms with Crippen LogP contribution in [0.25, 0.3) is 33.8 Å². The third-order valence-electron chi connectivity index (χ3n) is 5.78. The van der Waals surface area contributed by atoms with Crippen molar-refractivity contribution >= 4 is 23.1 Å². The summed E-state index contributed by atoms with van der Waals surface area (Å²) >= 11 is 1.76. The van der Waals surface area contributed by atoms with Gasteiger partial charge in [0.1, 0.15) is 11.3 Å². The second-order valence-electron chi connectivity index (χ2n) is 8.29. The first-order chi connectivity index (χ1) is 16.1. The van der Waals surface area contributed by atoms with E-state index in [-0.39, 0.29) is 0 Å². The number of hydrogen-bond acceptors (Lipinski definition) is 3. The van der Waals surface area contributed by atoms with E-state index in [0.717, 1.165) is 33.8 Å². The number of nitrogens with zero attached hydrogens (tertiary/aromatic N) is 4. The van der Waals surface area contributed by atoms with Crippen LogP contribution in [0, 0.1) is 13.8 Å². The summed E-state index contributed by atoms with van der Waals surface area (Å²) in [5, 5.41) is 0. The minimum atomic E-state index is 0.963.